The molecule has 0 fully saturated rings. The Hall–Kier alpha value is -15.3. The first-order chi connectivity index (χ1) is 66.7. The van der Waals surface area contributed by atoms with E-state index >= 15 is 0 Å². The molecule has 0 unspecified atom stereocenters. The minimum Gasteiger partial charge on any atom is -0.310 e. The van der Waals surface area contributed by atoms with Crippen molar-refractivity contribution in [1.82, 2.24) is 0 Å². The number of nitrogens with zero attached hydrogens (tertiary/aromatic N) is 2. The van der Waals surface area contributed by atoms with E-state index in [1.54, 1.807) is 0 Å². The maximum atomic E-state index is 3.65. The molecule has 0 aliphatic heterocycles. The summed E-state index contributed by atoms with van der Waals surface area (Å²) in [7, 11) is 0. The van der Waals surface area contributed by atoms with Gasteiger partial charge in [-0.15, -0.1) is 0 Å². The molecule has 0 N–H and O–H groups in total. The van der Waals surface area contributed by atoms with Gasteiger partial charge in [-0.05, 0) is 297 Å². The Morgan fingerprint density at radius 2 is 0.449 bits per heavy atom. The largest absolute Gasteiger partial charge is 0.310 e. The molecule has 0 saturated carbocycles. The molecule has 0 spiro atoms. The summed E-state index contributed by atoms with van der Waals surface area (Å²) in [6.07, 6.45) is 0.933. The van der Waals surface area contributed by atoms with Crippen LogP contribution in [-0.2, 0) is 22.7 Å². The van der Waals surface area contributed by atoms with Crippen LogP contribution in [0, 0.1) is 41.5 Å². The van der Waals surface area contributed by atoms with Crippen LogP contribution in [0.3, 0.4) is 0 Å². The van der Waals surface area contributed by atoms with E-state index in [2.05, 4.69) is 544 Å². The van der Waals surface area contributed by atoms with Gasteiger partial charge in [0.1, 0.15) is 0 Å². The molecule has 0 saturated heterocycles. The van der Waals surface area contributed by atoms with E-state index < -0.39 is 10.8 Å². The van der Waals surface area contributed by atoms with Crippen molar-refractivity contribution in [3.8, 4) is 33.4 Å². The SMILES string of the molecule is Brc1ccc2ccc3c(Br)ccc4ccc1c2c43.Cc1ccc(C2(c3cccc(Cc4cccc(C)c4)c3)c3ccccc3-c3ccccc32)cc1.Cc1ccc(C2(c3cccc(N(c4cccc(C)c4)c4ccc5ccc6c(N(c7cccc(C)c7)c7cccc(C8(c9ccc(C)cc9)c9ccccc9-c9ccccc98)c7)ccc7ccc4c5c76)c3)c3ccccc3-c3ccccc32)cc1. The van der Waals surface area contributed by atoms with Crippen LogP contribution in [0.4, 0.5) is 34.1 Å². The first kappa shape index (κ1) is 83.7. The summed E-state index contributed by atoms with van der Waals surface area (Å²) in [6, 6.07) is 173. The molecule has 136 heavy (non-hydrogen) atoms. The molecule has 0 heterocycles. The highest BCUT2D eigenvalue weighted by Crippen LogP contribution is 2.62. The first-order valence-electron chi connectivity index (χ1n) is 47.3. The van der Waals surface area contributed by atoms with Crippen molar-refractivity contribution >= 4 is 131 Å². The quantitative estimate of drug-likeness (QED) is 0.100. The molecule has 0 atom stereocenters. The standard InChI is InChI=1S/C82H60N2.C34H28.C16H8Br2/c1-53-33-41-59(42-34-53)81(73-29-9-5-25-67(73)68-26-6-10-30-74(68)81)61-19-15-23-65(51-61)83(63-21-13-17-55(3)49-63)77-47-39-57-38-46-72-78(48-40-58-37-45-71(77)79(57)80(58)72)84(64-22-14-18-56(4)50-64)66-24-16-20-62(52-66)82(60-43-35-54(2)36-44-60)75-31-11-7-27-69(75)70-28-8-12-32-76(70)82;1-24-17-19-28(20-18-24)34(32-15-5-3-13-30(32)31-14-4-6-16-33(31)34)29-12-8-11-27(23-29)22-26-10-7-9-25(2)21-26;17-13-8-4-10-2-6-12-14(18)7-3-9-1-5-11(13)16(10)15(9)12/h5-52H,1-4H3;3-21,23H,22H2,1-2H3;1-8H. The highest BCUT2D eigenvalue weighted by Gasteiger charge is 2.50. The van der Waals surface area contributed by atoms with Gasteiger partial charge >= 0.3 is 0 Å². The average Bonchev–Trinajstić information content (AvgIpc) is 1.57. The van der Waals surface area contributed by atoms with Crippen molar-refractivity contribution in [2.75, 3.05) is 9.80 Å². The van der Waals surface area contributed by atoms with Crippen molar-refractivity contribution in [2.45, 2.75) is 64.2 Å². The van der Waals surface area contributed by atoms with E-state index in [0.717, 1.165) is 49.5 Å². The lowest BCUT2D eigenvalue weighted by atomic mass is 9.67. The molecule has 23 aromatic carbocycles. The third-order valence-corrected chi connectivity index (χ3v) is 30.8. The number of hydrogen-bond donors (Lipinski definition) is 0. The van der Waals surface area contributed by atoms with E-state index in [0.29, 0.717) is 0 Å². The number of aryl methyl sites for hydroxylation is 6. The lowest BCUT2D eigenvalue weighted by Gasteiger charge is -2.35. The van der Waals surface area contributed by atoms with Crippen molar-refractivity contribution in [3.05, 3.63) is 581 Å². The molecular weight excluding hydrogens is 1770 g/mol. The molecule has 0 bridgehead atoms. The van der Waals surface area contributed by atoms with Gasteiger partial charge in [0.15, 0.2) is 0 Å². The van der Waals surface area contributed by atoms with Crippen LogP contribution in [0.25, 0.3) is 98.0 Å². The van der Waals surface area contributed by atoms with Crippen LogP contribution in [0.5, 0.6) is 0 Å². The molecular formula is C132H96Br2N2. The topological polar surface area (TPSA) is 6.48 Å². The minimum absolute atomic E-state index is 0.330. The number of fused-ring (bicyclic) bond motifs is 9. The zero-order valence-electron chi connectivity index (χ0n) is 76.7. The van der Waals surface area contributed by atoms with Gasteiger partial charge in [-0.1, -0.05) is 442 Å². The molecule has 23 aromatic rings. The monoisotopic (exact) mass is 1870 g/mol. The summed E-state index contributed by atoms with van der Waals surface area (Å²) in [4.78, 5) is 5.01. The molecule has 26 rings (SSSR count). The Balaban J connectivity index is 0.000000157. The van der Waals surface area contributed by atoms with Gasteiger partial charge in [-0.2, -0.15) is 0 Å². The number of halogens is 2. The van der Waals surface area contributed by atoms with E-state index in [4.69, 9.17) is 0 Å². The Bertz CT molecular complexity index is 8110. The smallest absolute Gasteiger partial charge is 0.0714 e. The highest BCUT2D eigenvalue weighted by atomic mass is 79.9. The number of hydrogen-bond acceptors (Lipinski definition) is 2. The van der Waals surface area contributed by atoms with E-state index in [-0.39, 0.29) is 5.41 Å². The molecule has 0 aromatic heterocycles. The normalized spacial score (nSPS) is 13.2. The Kier molecular flexibility index (Phi) is 20.8. The van der Waals surface area contributed by atoms with Gasteiger partial charge in [0.2, 0.25) is 0 Å². The Labute approximate surface area is 812 Å². The van der Waals surface area contributed by atoms with Crippen molar-refractivity contribution < 1.29 is 0 Å². The summed E-state index contributed by atoms with van der Waals surface area (Å²) in [5.74, 6) is 0. The van der Waals surface area contributed by atoms with Gasteiger partial charge in [0.25, 0.3) is 0 Å². The third-order valence-electron chi connectivity index (χ3n) is 29.4. The van der Waals surface area contributed by atoms with Crippen molar-refractivity contribution in [1.29, 1.82) is 0 Å². The lowest BCUT2D eigenvalue weighted by Crippen LogP contribution is -2.29. The summed E-state index contributed by atoms with van der Waals surface area (Å²) < 4.78 is 2.31. The second kappa shape index (κ2) is 33.7. The van der Waals surface area contributed by atoms with Crippen LogP contribution in [-0.4, -0.2) is 0 Å². The second-order valence-electron chi connectivity index (χ2n) is 37.5. The predicted octanol–water partition coefficient (Wildman–Crippen LogP) is 35.8. The lowest BCUT2D eigenvalue weighted by molar-refractivity contribution is 0.766. The van der Waals surface area contributed by atoms with E-state index in [9.17, 15) is 0 Å². The van der Waals surface area contributed by atoms with Crippen LogP contribution in [0.2, 0.25) is 0 Å². The first-order valence-corrected chi connectivity index (χ1v) is 48.9. The van der Waals surface area contributed by atoms with Gasteiger partial charge in [-0.25, -0.2) is 0 Å². The van der Waals surface area contributed by atoms with Crippen LogP contribution < -0.4 is 9.80 Å². The molecule has 648 valence electrons. The Morgan fingerprint density at radius 1 is 0.191 bits per heavy atom. The van der Waals surface area contributed by atoms with Crippen LogP contribution in [0.15, 0.2) is 470 Å². The maximum absolute atomic E-state index is 3.65. The van der Waals surface area contributed by atoms with E-state index in [1.807, 2.05) is 0 Å². The summed E-state index contributed by atoms with van der Waals surface area (Å²) in [5, 5.41) is 15.2. The highest BCUT2D eigenvalue weighted by molar-refractivity contribution is 9.11. The minimum atomic E-state index is -0.551. The second-order valence-corrected chi connectivity index (χ2v) is 39.3. The molecule has 3 aliphatic rings. The molecule has 0 amide bonds. The number of rotatable bonds is 14. The fourth-order valence-corrected chi connectivity index (χ4v) is 24.4. The zero-order valence-corrected chi connectivity index (χ0v) is 79.9. The molecule has 4 heteroatoms. The van der Waals surface area contributed by atoms with Crippen LogP contribution >= 0.6 is 31.9 Å². The Morgan fingerprint density at radius 3 is 0.779 bits per heavy atom. The average molecular weight is 1870 g/mol. The van der Waals surface area contributed by atoms with Gasteiger partial charge in [-0.3, -0.25) is 0 Å². The van der Waals surface area contributed by atoms with Gasteiger partial charge in [0, 0.05) is 42.5 Å². The van der Waals surface area contributed by atoms with Crippen molar-refractivity contribution in [3.63, 3.8) is 0 Å². The number of anilines is 6. The van der Waals surface area contributed by atoms with E-state index in [1.165, 1.54) is 209 Å². The predicted molar refractivity (Wildman–Crippen MR) is 581 cm³/mol. The zero-order chi connectivity index (χ0) is 91.7. The maximum Gasteiger partial charge on any atom is 0.0714 e. The number of benzene rings is 23. The summed E-state index contributed by atoms with van der Waals surface area (Å²) in [5.41, 5.74) is 38.8. The molecule has 3 aliphatic carbocycles. The third kappa shape index (κ3) is 13.5. The fraction of sp³-hybridized carbons (Fsp3) is 0.0758. The summed E-state index contributed by atoms with van der Waals surface area (Å²) in [6.45, 7) is 13.1. The fourth-order valence-electron chi connectivity index (χ4n) is 23.5. The van der Waals surface area contributed by atoms with Crippen LogP contribution in [0.1, 0.15) is 111 Å². The van der Waals surface area contributed by atoms with Gasteiger partial charge < -0.3 is 9.80 Å². The van der Waals surface area contributed by atoms with Crippen molar-refractivity contribution in [2.24, 2.45) is 0 Å². The van der Waals surface area contributed by atoms with Gasteiger partial charge in [0.05, 0.1) is 27.6 Å². The molecule has 0 radical (unpaired) electrons. The molecule has 2 nitrogen and oxygen atoms in total. The summed E-state index contributed by atoms with van der Waals surface area (Å²) >= 11 is 7.30.